The molecule has 0 aromatic rings. The summed E-state index contributed by atoms with van der Waals surface area (Å²) in [6.45, 7) is 2.21. The lowest BCUT2D eigenvalue weighted by Gasteiger charge is -1.93. The Balaban J connectivity index is 2.83. The third kappa shape index (κ3) is 7.50. The molecule has 0 rings (SSSR count). The van der Waals surface area contributed by atoms with E-state index in [1.165, 1.54) is 31.9 Å². The van der Waals surface area contributed by atoms with Gasteiger partial charge in [0.05, 0.1) is 0 Å². The van der Waals surface area contributed by atoms with E-state index in [1.54, 1.807) is 0 Å². The number of rotatable bonds is 6. The van der Waals surface area contributed by atoms with Crippen molar-refractivity contribution in [3.63, 3.8) is 0 Å². The van der Waals surface area contributed by atoms with E-state index in [1.807, 2.05) is 6.08 Å². The molecule has 0 spiro atoms. The molecule has 0 amide bonds. The lowest BCUT2D eigenvalue weighted by Crippen LogP contribution is -1.87. The number of hydrogen-bond donors (Lipinski definition) is 1. The summed E-state index contributed by atoms with van der Waals surface area (Å²) >= 11 is 0. The summed E-state index contributed by atoms with van der Waals surface area (Å²) in [5, 5.41) is 0. The maximum atomic E-state index is 4.78. The maximum absolute atomic E-state index is 4.78. The predicted octanol–water partition coefficient (Wildman–Crippen LogP) is 2.36. The molecule has 2 N–H and O–H groups in total. The van der Waals surface area contributed by atoms with Gasteiger partial charge in [0.15, 0.2) is 0 Å². The van der Waals surface area contributed by atoms with Crippen LogP contribution in [-0.4, -0.2) is 0 Å². The lowest BCUT2D eigenvalue weighted by atomic mass is 10.2. The van der Waals surface area contributed by atoms with Gasteiger partial charge in [0.25, 0.3) is 0 Å². The van der Waals surface area contributed by atoms with Crippen LogP contribution in [0.4, 0.5) is 0 Å². The number of nitrogens with two attached hydrogens (primary N) is 1. The molecule has 10 heavy (non-hydrogen) atoms. The van der Waals surface area contributed by atoms with Crippen LogP contribution in [0.3, 0.4) is 0 Å². The summed E-state index contributed by atoms with van der Waals surface area (Å²) in [6, 6.07) is 0. The molecule has 0 fully saturated rings. The predicted molar refractivity (Wildman–Crippen MR) is 43.2 cm³/mol. The largest absolute Gasteiger partial charge is 0.420 e. The van der Waals surface area contributed by atoms with Crippen molar-refractivity contribution in [2.45, 2.75) is 39.0 Å². The average molecular weight is 143 g/mol. The molecule has 0 aliphatic rings. The fourth-order valence-corrected chi connectivity index (χ4v) is 0.813. The van der Waals surface area contributed by atoms with Crippen LogP contribution in [0.15, 0.2) is 12.3 Å². The molecule has 0 unspecified atom stereocenters. The molecule has 0 saturated carbocycles. The Morgan fingerprint density at radius 2 is 2.10 bits per heavy atom. The summed E-state index contributed by atoms with van der Waals surface area (Å²) in [6.07, 6.45) is 9.74. The van der Waals surface area contributed by atoms with E-state index in [2.05, 4.69) is 11.8 Å². The first kappa shape index (κ1) is 9.50. The van der Waals surface area contributed by atoms with E-state index >= 15 is 0 Å². The van der Waals surface area contributed by atoms with Crippen LogP contribution in [0.5, 0.6) is 0 Å². The highest BCUT2D eigenvalue weighted by Gasteiger charge is 1.83. The normalized spacial score (nSPS) is 10.6. The highest BCUT2D eigenvalue weighted by molar-refractivity contribution is 4.71. The Morgan fingerprint density at radius 3 is 2.70 bits per heavy atom. The maximum Gasteiger partial charge on any atom is 0.106 e. The molecule has 0 radical (unpaired) electrons. The number of unbranched alkanes of at least 4 members (excludes halogenated alkanes) is 4. The summed E-state index contributed by atoms with van der Waals surface area (Å²) < 4.78 is 0. The summed E-state index contributed by atoms with van der Waals surface area (Å²) in [4.78, 5) is 4.27. The molecule has 2 heteroatoms. The van der Waals surface area contributed by atoms with Gasteiger partial charge in [0, 0.05) is 0 Å². The van der Waals surface area contributed by atoms with Gasteiger partial charge in [-0.15, -0.1) is 0 Å². The van der Waals surface area contributed by atoms with Crippen LogP contribution in [0.25, 0.3) is 0 Å². The molecule has 0 bridgehead atoms. The Labute approximate surface area is 63.0 Å². The zero-order valence-corrected chi connectivity index (χ0v) is 6.68. The SMILES string of the molecule is CCCCCCC=CON. The first-order valence-corrected chi connectivity index (χ1v) is 3.92. The van der Waals surface area contributed by atoms with Gasteiger partial charge in [-0.25, -0.2) is 0 Å². The molecular formula is C8H17NO. The van der Waals surface area contributed by atoms with Gasteiger partial charge in [0.2, 0.25) is 0 Å². The van der Waals surface area contributed by atoms with Gasteiger partial charge in [-0.2, -0.15) is 5.90 Å². The van der Waals surface area contributed by atoms with Gasteiger partial charge in [-0.3, -0.25) is 0 Å². The Kier molecular flexibility index (Phi) is 8.07. The van der Waals surface area contributed by atoms with E-state index in [9.17, 15) is 0 Å². The quantitative estimate of drug-likeness (QED) is 0.352. The molecule has 0 aromatic heterocycles. The van der Waals surface area contributed by atoms with Crippen LogP contribution < -0.4 is 5.90 Å². The Morgan fingerprint density at radius 1 is 1.30 bits per heavy atom. The third-order valence-corrected chi connectivity index (χ3v) is 1.40. The minimum absolute atomic E-state index is 1.08. The second-order valence-electron chi connectivity index (χ2n) is 2.36. The van der Waals surface area contributed by atoms with Crippen LogP contribution >= 0.6 is 0 Å². The second-order valence-corrected chi connectivity index (χ2v) is 2.36. The molecule has 0 aliphatic heterocycles. The Bertz CT molecular complexity index is 81.3. The highest BCUT2D eigenvalue weighted by atomic mass is 16.6. The molecule has 2 nitrogen and oxygen atoms in total. The minimum atomic E-state index is 1.08. The van der Waals surface area contributed by atoms with Gasteiger partial charge in [0.1, 0.15) is 6.26 Å². The van der Waals surface area contributed by atoms with Crippen molar-refractivity contribution in [3.05, 3.63) is 12.3 Å². The van der Waals surface area contributed by atoms with E-state index < -0.39 is 0 Å². The topological polar surface area (TPSA) is 35.2 Å². The highest BCUT2D eigenvalue weighted by Crippen LogP contribution is 2.02. The van der Waals surface area contributed by atoms with Crippen LogP contribution in [0.2, 0.25) is 0 Å². The van der Waals surface area contributed by atoms with Crippen molar-refractivity contribution in [3.8, 4) is 0 Å². The van der Waals surface area contributed by atoms with Crippen molar-refractivity contribution in [1.29, 1.82) is 0 Å². The van der Waals surface area contributed by atoms with Gasteiger partial charge < -0.3 is 4.84 Å². The van der Waals surface area contributed by atoms with Crippen molar-refractivity contribution in [2.75, 3.05) is 0 Å². The van der Waals surface area contributed by atoms with E-state index in [-0.39, 0.29) is 0 Å². The van der Waals surface area contributed by atoms with E-state index in [0.717, 1.165) is 6.42 Å². The van der Waals surface area contributed by atoms with Gasteiger partial charge in [-0.1, -0.05) is 26.2 Å². The third-order valence-electron chi connectivity index (χ3n) is 1.40. The van der Waals surface area contributed by atoms with Crippen molar-refractivity contribution < 1.29 is 4.84 Å². The van der Waals surface area contributed by atoms with Crippen molar-refractivity contribution >= 4 is 0 Å². The van der Waals surface area contributed by atoms with Gasteiger partial charge >= 0.3 is 0 Å². The average Bonchev–Trinajstić information content (AvgIpc) is 1.97. The molecule has 60 valence electrons. The fourth-order valence-electron chi connectivity index (χ4n) is 0.813. The van der Waals surface area contributed by atoms with Crippen LogP contribution in [0, 0.1) is 0 Å². The molecule has 0 atom stereocenters. The first-order valence-electron chi connectivity index (χ1n) is 3.92. The first-order chi connectivity index (χ1) is 4.91. The lowest BCUT2D eigenvalue weighted by molar-refractivity contribution is 0.260. The van der Waals surface area contributed by atoms with Crippen LogP contribution in [0.1, 0.15) is 39.0 Å². The van der Waals surface area contributed by atoms with Crippen LogP contribution in [-0.2, 0) is 4.84 Å². The molecular weight excluding hydrogens is 126 g/mol. The second kappa shape index (κ2) is 8.50. The molecule has 0 saturated heterocycles. The zero-order chi connectivity index (χ0) is 7.66. The van der Waals surface area contributed by atoms with Gasteiger partial charge in [-0.05, 0) is 18.9 Å². The monoisotopic (exact) mass is 143 g/mol. The standard InChI is InChI=1S/C8H17NO/c1-2-3-4-5-6-7-8-10-9/h7-8H,2-6,9H2,1H3. The smallest absolute Gasteiger partial charge is 0.106 e. The van der Waals surface area contributed by atoms with E-state index in [4.69, 9.17) is 5.90 Å². The summed E-state index contributed by atoms with van der Waals surface area (Å²) in [5.74, 6) is 4.78. The summed E-state index contributed by atoms with van der Waals surface area (Å²) in [7, 11) is 0. The molecule has 0 heterocycles. The van der Waals surface area contributed by atoms with Crippen molar-refractivity contribution in [1.82, 2.24) is 0 Å². The zero-order valence-electron chi connectivity index (χ0n) is 6.68. The fraction of sp³-hybridized carbons (Fsp3) is 0.750. The summed E-state index contributed by atoms with van der Waals surface area (Å²) in [5.41, 5.74) is 0. The minimum Gasteiger partial charge on any atom is -0.420 e. The molecule has 0 aromatic carbocycles. The number of allylic oxidation sites excluding steroid dienone is 1. The number of hydrogen-bond acceptors (Lipinski definition) is 2. The van der Waals surface area contributed by atoms with Crippen molar-refractivity contribution in [2.24, 2.45) is 5.90 Å². The van der Waals surface area contributed by atoms with E-state index in [0.29, 0.717) is 0 Å². The Hall–Kier alpha value is -0.500. The molecule has 0 aliphatic carbocycles.